The molecule has 0 amide bonds. The Morgan fingerprint density at radius 3 is 2.37 bits per heavy atom. The van der Waals surface area contributed by atoms with Crippen molar-refractivity contribution in [2.45, 2.75) is 64.7 Å². The standard InChI is InChI=1S/C16H24FNO/c1-2-3-4-5-6-7-8-9-12-15(19)16-14(17)11-10-13-18-16/h10-11,13H,2-9,12H2,1H3. The van der Waals surface area contributed by atoms with Gasteiger partial charge in [-0.1, -0.05) is 51.9 Å². The average molecular weight is 265 g/mol. The zero-order chi connectivity index (χ0) is 13.9. The van der Waals surface area contributed by atoms with Crippen LogP contribution in [0.1, 0.15) is 75.2 Å². The maximum Gasteiger partial charge on any atom is 0.184 e. The molecule has 2 nitrogen and oxygen atoms in total. The molecule has 0 unspecified atom stereocenters. The van der Waals surface area contributed by atoms with Gasteiger partial charge in [-0.15, -0.1) is 0 Å². The second-order valence-electron chi connectivity index (χ2n) is 4.98. The molecule has 106 valence electrons. The van der Waals surface area contributed by atoms with Crippen molar-refractivity contribution in [3.8, 4) is 0 Å². The van der Waals surface area contributed by atoms with Crippen LogP contribution in [0.2, 0.25) is 0 Å². The molecular formula is C16H24FNO. The van der Waals surface area contributed by atoms with E-state index >= 15 is 0 Å². The van der Waals surface area contributed by atoms with Gasteiger partial charge in [0.1, 0.15) is 5.69 Å². The molecule has 0 radical (unpaired) electrons. The molecule has 0 bridgehead atoms. The molecule has 0 fully saturated rings. The summed E-state index contributed by atoms with van der Waals surface area (Å²) in [7, 11) is 0. The van der Waals surface area contributed by atoms with Gasteiger partial charge in [0.15, 0.2) is 11.6 Å². The first-order chi connectivity index (χ1) is 9.25. The van der Waals surface area contributed by atoms with Crippen LogP contribution in [0.4, 0.5) is 4.39 Å². The van der Waals surface area contributed by atoms with Crippen molar-refractivity contribution >= 4 is 5.78 Å². The third-order valence-corrected chi connectivity index (χ3v) is 3.28. The molecule has 0 saturated carbocycles. The monoisotopic (exact) mass is 265 g/mol. The van der Waals surface area contributed by atoms with Crippen molar-refractivity contribution in [2.75, 3.05) is 0 Å². The number of ketones is 1. The number of pyridine rings is 1. The molecular weight excluding hydrogens is 241 g/mol. The predicted molar refractivity (Wildman–Crippen MR) is 75.8 cm³/mol. The van der Waals surface area contributed by atoms with E-state index < -0.39 is 5.82 Å². The number of halogens is 1. The largest absolute Gasteiger partial charge is 0.292 e. The summed E-state index contributed by atoms with van der Waals surface area (Å²) < 4.78 is 13.3. The fourth-order valence-electron chi connectivity index (χ4n) is 2.13. The summed E-state index contributed by atoms with van der Waals surface area (Å²) in [5.41, 5.74) is -0.00885. The SMILES string of the molecule is CCCCCCCCCCC(=O)c1ncccc1F. The first-order valence-corrected chi connectivity index (χ1v) is 7.39. The van der Waals surface area contributed by atoms with E-state index in [1.807, 2.05) is 0 Å². The zero-order valence-corrected chi connectivity index (χ0v) is 11.8. The van der Waals surface area contributed by atoms with Crippen LogP contribution >= 0.6 is 0 Å². The smallest absolute Gasteiger partial charge is 0.184 e. The lowest BCUT2D eigenvalue weighted by Crippen LogP contribution is -2.04. The van der Waals surface area contributed by atoms with Gasteiger partial charge in [-0.2, -0.15) is 0 Å². The summed E-state index contributed by atoms with van der Waals surface area (Å²) >= 11 is 0. The van der Waals surface area contributed by atoms with E-state index in [4.69, 9.17) is 0 Å². The first kappa shape index (κ1) is 15.8. The second-order valence-corrected chi connectivity index (χ2v) is 4.98. The third kappa shape index (κ3) is 6.46. The Labute approximate surface area is 115 Å². The van der Waals surface area contributed by atoms with Gasteiger partial charge in [0.2, 0.25) is 0 Å². The lowest BCUT2D eigenvalue weighted by molar-refractivity contribution is 0.0970. The number of nitrogens with zero attached hydrogens (tertiary/aromatic N) is 1. The fraction of sp³-hybridized carbons (Fsp3) is 0.625. The number of Topliss-reactive ketones (excluding diaryl/α,β-unsaturated/α-hetero) is 1. The van der Waals surface area contributed by atoms with Crippen LogP contribution in [0.3, 0.4) is 0 Å². The maximum absolute atomic E-state index is 13.3. The van der Waals surface area contributed by atoms with Crippen LogP contribution in [-0.2, 0) is 0 Å². The molecule has 0 aromatic carbocycles. The van der Waals surface area contributed by atoms with Crippen molar-refractivity contribution < 1.29 is 9.18 Å². The maximum atomic E-state index is 13.3. The molecule has 0 N–H and O–H groups in total. The number of unbranched alkanes of at least 4 members (excludes halogenated alkanes) is 7. The van der Waals surface area contributed by atoms with Gasteiger partial charge in [0, 0.05) is 12.6 Å². The number of hydrogen-bond donors (Lipinski definition) is 0. The number of carbonyl (C=O) groups excluding carboxylic acids is 1. The van der Waals surface area contributed by atoms with Gasteiger partial charge in [-0.3, -0.25) is 9.78 Å². The molecule has 0 atom stereocenters. The molecule has 1 aromatic heterocycles. The lowest BCUT2D eigenvalue weighted by Gasteiger charge is -2.02. The van der Waals surface area contributed by atoms with Gasteiger partial charge in [-0.05, 0) is 18.6 Å². The van der Waals surface area contributed by atoms with Crippen LogP contribution in [0.25, 0.3) is 0 Å². The summed E-state index contributed by atoms with van der Waals surface area (Å²) in [6.07, 6.45) is 11.3. The Kier molecular flexibility index (Phi) is 8.03. The fourth-order valence-corrected chi connectivity index (χ4v) is 2.13. The molecule has 0 aliphatic heterocycles. The van der Waals surface area contributed by atoms with E-state index in [9.17, 15) is 9.18 Å². The summed E-state index contributed by atoms with van der Waals surface area (Å²) in [6.45, 7) is 2.21. The predicted octanol–water partition coefficient (Wildman–Crippen LogP) is 4.93. The van der Waals surface area contributed by atoms with Crippen molar-refractivity contribution in [1.29, 1.82) is 0 Å². The minimum absolute atomic E-state index is 0.00885. The van der Waals surface area contributed by atoms with Crippen LogP contribution in [-0.4, -0.2) is 10.8 Å². The van der Waals surface area contributed by atoms with E-state index in [0.717, 1.165) is 12.8 Å². The Bertz CT molecular complexity index is 379. The Morgan fingerprint density at radius 2 is 1.74 bits per heavy atom. The Morgan fingerprint density at radius 1 is 1.11 bits per heavy atom. The normalized spacial score (nSPS) is 10.6. The summed E-state index contributed by atoms with van der Waals surface area (Å²) in [5.74, 6) is -0.684. The van der Waals surface area contributed by atoms with E-state index in [-0.39, 0.29) is 11.5 Å². The van der Waals surface area contributed by atoms with E-state index in [1.54, 1.807) is 0 Å². The van der Waals surface area contributed by atoms with Crippen molar-refractivity contribution in [1.82, 2.24) is 4.98 Å². The number of aromatic nitrogens is 1. The molecule has 0 aliphatic carbocycles. The van der Waals surface area contributed by atoms with Crippen molar-refractivity contribution in [3.05, 3.63) is 29.8 Å². The van der Waals surface area contributed by atoms with Gasteiger partial charge < -0.3 is 0 Å². The molecule has 0 saturated heterocycles. The highest BCUT2D eigenvalue weighted by molar-refractivity contribution is 5.94. The molecule has 19 heavy (non-hydrogen) atoms. The van der Waals surface area contributed by atoms with E-state index in [0.29, 0.717) is 6.42 Å². The number of hydrogen-bond acceptors (Lipinski definition) is 2. The van der Waals surface area contributed by atoms with E-state index in [1.165, 1.54) is 56.9 Å². The summed E-state index contributed by atoms with van der Waals surface area (Å²) in [5, 5.41) is 0. The molecule has 0 spiro atoms. The first-order valence-electron chi connectivity index (χ1n) is 7.39. The Balaban J connectivity index is 2.10. The highest BCUT2D eigenvalue weighted by atomic mass is 19.1. The Hall–Kier alpha value is -1.25. The molecule has 1 heterocycles. The van der Waals surface area contributed by atoms with Gasteiger partial charge in [0.05, 0.1) is 0 Å². The highest BCUT2D eigenvalue weighted by Gasteiger charge is 2.11. The van der Waals surface area contributed by atoms with Gasteiger partial charge in [0.25, 0.3) is 0 Å². The molecule has 1 aromatic rings. The summed E-state index contributed by atoms with van der Waals surface area (Å²) in [6, 6.07) is 2.79. The topological polar surface area (TPSA) is 30.0 Å². The van der Waals surface area contributed by atoms with Gasteiger partial charge >= 0.3 is 0 Å². The van der Waals surface area contributed by atoms with Crippen molar-refractivity contribution in [2.24, 2.45) is 0 Å². The number of carbonyl (C=O) groups is 1. The second kappa shape index (κ2) is 9.65. The molecule has 3 heteroatoms. The number of rotatable bonds is 10. The van der Waals surface area contributed by atoms with Crippen molar-refractivity contribution in [3.63, 3.8) is 0 Å². The minimum atomic E-state index is -0.507. The molecule has 1 rings (SSSR count). The lowest BCUT2D eigenvalue weighted by atomic mass is 10.0. The highest BCUT2D eigenvalue weighted by Crippen LogP contribution is 2.12. The summed E-state index contributed by atoms with van der Waals surface area (Å²) in [4.78, 5) is 15.5. The zero-order valence-electron chi connectivity index (χ0n) is 11.8. The van der Waals surface area contributed by atoms with Crippen LogP contribution in [0.15, 0.2) is 18.3 Å². The van der Waals surface area contributed by atoms with Crippen LogP contribution in [0, 0.1) is 5.82 Å². The average Bonchev–Trinajstić information content (AvgIpc) is 2.42. The minimum Gasteiger partial charge on any atom is -0.292 e. The van der Waals surface area contributed by atoms with E-state index in [2.05, 4.69) is 11.9 Å². The quantitative estimate of drug-likeness (QED) is 0.443. The third-order valence-electron chi connectivity index (χ3n) is 3.28. The van der Waals surface area contributed by atoms with Crippen LogP contribution < -0.4 is 0 Å². The van der Waals surface area contributed by atoms with Crippen LogP contribution in [0.5, 0.6) is 0 Å². The van der Waals surface area contributed by atoms with Gasteiger partial charge in [-0.25, -0.2) is 4.39 Å². The molecule has 0 aliphatic rings.